The number of aromatic nitrogens is 1. The Morgan fingerprint density at radius 2 is 1.97 bits per heavy atom. The SMILES string of the molecule is O=C(Cc1cccc(Cl)c1)N[C@@H](Cc1ccccc1NS(=O)(=O)O)c1coc(-c2cccs2)n1. The van der Waals surface area contributed by atoms with E-state index in [1.54, 1.807) is 42.5 Å². The highest BCUT2D eigenvalue weighted by atomic mass is 35.5. The van der Waals surface area contributed by atoms with Crippen molar-refractivity contribution in [3.63, 3.8) is 0 Å². The van der Waals surface area contributed by atoms with Gasteiger partial charge in [0, 0.05) is 11.4 Å². The van der Waals surface area contributed by atoms with Gasteiger partial charge in [-0.2, -0.15) is 8.42 Å². The van der Waals surface area contributed by atoms with Gasteiger partial charge in [-0.05, 0) is 40.8 Å². The predicted molar refractivity (Wildman–Crippen MR) is 131 cm³/mol. The van der Waals surface area contributed by atoms with Crippen LogP contribution in [0.1, 0.15) is 22.9 Å². The number of amides is 1. The molecule has 0 bridgehead atoms. The second-order valence-corrected chi connectivity index (χ2v) is 9.96. The second kappa shape index (κ2) is 10.4. The van der Waals surface area contributed by atoms with Crippen molar-refractivity contribution in [3.8, 4) is 10.8 Å². The summed E-state index contributed by atoms with van der Waals surface area (Å²) in [5.41, 5.74) is 1.97. The van der Waals surface area contributed by atoms with Crippen molar-refractivity contribution >= 4 is 44.8 Å². The monoisotopic (exact) mass is 517 g/mol. The summed E-state index contributed by atoms with van der Waals surface area (Å²) >= 11 is 7.50. The van der Waals surface area contributed by atoms with Crippen molar-refractivity contribution in [2.75, 3.05) is 4.72 Å². The molecule has 4 rings (SSSR count). The van der Waals surface area contributed by atoms with Crippen LogP contribution in [0.25, 0.3) is 10.8 Å². The summed E-state index contributed by atoms with van der Waals surface area (Å²) in [5, 5.41) is 5.39. The molecular formula is C23H20ClN3O5S2. The van der Waals surface area contributed by atoms with Gasteiger partial charge in [-0.1, -0.05) is 48.0 Å². The molecule has 0 spiro atoms. The molecule has 4 aromatic rings. The molecule has 1 amide bonds. The van der Waals surface area contributed by atoms with Crippen LogP contribution in [0.2, 0.25) is 5.02 Å². The average molecular weight is 518 g/mol. The van der Waals surface area contributed by atoms with E-state index >= 15 is 0 Å². The van der Waals surface area contributed by atoms with E-state index in [-0.39, 0.29) is 24.4 Å². The third-order valence-corrected chi connectivity index (χ3v) is 6.45. The van der Waals surface area contributed by atoms with Gasteiger partial charge < -0.3 is 9.73 Å². The summed E-state index contributed by atoms with van der Waals surface area (Å²) in [6, 6.07) is 16.7. The first-order valence-corrected chi connectivity index (χ1v) is 12.8. The fourth-order valence-corrected chi connectivity index (χ4v) is 4.77. The number of halogens is 1. The Morgan fingerprint density at radius 3 is 2.71 bits per heavy atom. The number of nitrogens with one attached hydrogen (secondary N) is 2. The molecule has 3 N–H and O–H groups in total. The molecule has 0 radical (unpaired) electrons. The molecule has 0 saturated carbocycles. The average Bonchev–Trinajstić information content (AvgIpc) is 3.46. The van der Waals surface area contributed by atoms with E-state index < -0.39 is 16.3 Å². The van der Waals surface area contributed by atoms with Crippen LogP contribution in [0.4, 0.5) is 5.69 Å². The number of benzene rings is 2. The minimum Gasteiger partial charge on any atom is -0.443 e. The lowest BCUT2D eigenvalue weighted by Gasteiger charge is -2.19. The number of anilines is 1. The van der Waals surface area contributed by atoms with E-state index in [9.17, 15) is 17.8 Å². The summed E-state index contributed by atoms with van der Waals surface area (Å²) in [4.78, 5) is 18.3. The van der Waals surface area contributed by atoms with Gasteiger partial charge in [0.25, 0.3) is 0 Å². The summed E-state index contributed by atoms with van der Waals surface area (Å²) < 4.78 is 39.7. The number of hydrogen-bond donors (Lipinski definition) is 3. The topological polar surface area (TPSA) is 122 Å². The van der Waals surface area contributed by atoms with Crippen molar-refractivity contribution in [2.45, 2.75) is 18.9 Å². The molecule has 2 heterocycles. The standard InChI is InChI=1S/C23H20ClN3O5S2/c24-17-7-3-5-15(11-17)12-22(28)25-19(20-14-32-23(26-20)21-9-4-10-33-21)13-16-6-1-2-8-18(16)27-34(29,30)31/h1-11,14,19,27H,12-13H2,(H,25,28)(H,29,30,31)/t19-/m0/s1. The van der Waals surface area contributed by atoms with Gasteiger partial charge in [0.2, 0.25) is 11.8 Å². The zero-order chi connectivity index (χ0) is 24.1. The largest absolute Gasteiger partial charge is 0.443 e. The lowest BCUT2D eigenvalue weighted by molar-refractivity contribution is -0.121. The Labute approximate surface area is 205 Å². The quantitative estimate of drug-likeness (QED) is 0.271. The molecule has 11 heteroatoms. The van der Waals surface area contributed by atoms with E-state index in [4.69, 9.17) is 16.0 Å². The number of nitrogens with zero attached hydrogens (tertiary/aromatic N) is 1. The lowest BCUT2D eigenvalue weighted by Crippen LogP contribution is -2.31. The van der Waals surface area contributed by atoms with E-state index in [1.807, 2.05) is 17.5 Å². The normalized spacial score (nSPS) is 12.3. The number of carbonyl (C=O) groups is 1. The number of oxazole rings is 1. The highest BCUT2D eigenvalue weighted by Gasteiger charge is 2.22. The molecule has 0 saturated heterocycles. The minimum absolute atomic E-state index is 0.0949. The second-order valence-electron chi connectivity index (χ2n) is 7.42. The van der Waals surface area contributed by atoms with Crippen LogP contribution in [-0.2, 0) is 27.9 Å². The zero-order valence-electron chi connectivity index (χ0n) is 17.6. The summed E-state index contributed by atoms with van der Waals surface area (Å²) in [5.74, 6) is 0.150. The van der Waals surface area contributed by atoms with Gasteiger partial charge in [-0.25, -0.2) is 4.98 Å². The molecule has 2 aromatic carbocycles. The smallest absolute Gasteiger partial charge is 0.357 e. The first-order chi connectivity index (χ1) is 16.3. The van der Waals surface area contributed by atoms with Crippen LogP contribution in [-0.4, -0.2) is 23.9 Å². The predicted octanol–water partition coefficient (Wildman–Crippen LogP) is 4.91. The lowest BCUT2D eigenvalue weighted by atomic mass is 10.0. The molecule has 176 valence electrons. The van der Waals surface area contributed by atoms with Gasteiger partial charge in [0.1, 0.15) is 12.0 Å². The number of carbonyl (C=O) groups excluding carboxylic acids is 1. The number of thiophene rings is 1. The van der Waals surface area contributed by atoms with Crippen molar-refractivity contribution in [1.29, 1.82) is 0 Å². The molecule has 0 aliphatic heterocycles. The Morgan fingerprint density at radius 1 is 1.15 bits per heavy atom. The van der Waals surface area contributed by atoms with Crippen molar-refractivity contribution in [1.82, 2.24) is 10.3 Å². The van der Waals surface area contributed by atoms with Crippen molar-refractivity contribution < 1.29 is 22.2 Å². The first-order valence-electron chi connectivity index (χ1n) is 10.1. The maximum atomic E-state index is 12.9. The molecule has 0 fully saturated rings. The summed E-state index contributed by atoms with van der Waals surface area (Å²) in [6.07, 6.45) is 1.76. The highest BCUT2D eigenvalue weighted by molar-refractivity contribution is 7.87. The maximum absolute atomic E-state index is 12.9. The molecule has 0 aliphatic rings. The molecule has 0 unspecified atom stereocenters. The van der Waals surface area contributed by atoms with Crippen LogP contribution < -0.4 is 10.0 Å². The molecular weight excluding hydrogens is 498 g/mol. The van der Waals surface area contributed by atoms with Crippen LogP contribution in [0.3, 0.4) is 0 Å². The number of rotatable bonds is 9. The molecule has 2 aromatic heterocycles. The van der Waals surface area contributed by atoms with Crippen LogP contribution in [0.15, 0.2) is 76.7 Å². The fraction of sp³-hybridized carbons (Fsp3) is 0.130. The van der Waals surface area contributed by atoms with E-state index in [0.717, 1.165) is 10.4 Å². The fourth-order valence-electron chi connectivity index (χ4n) is 3.42. The minimum atomic E-state index is -4.48. The van der Waals surface area contributed by atoms with Crippen LogP contribution in [0.5, 0.6) is 0 Å². The molecule has 0 aliphatic carbocycles. The Hall–Kier alpha value is -3.18. The third-order valence-electron chi connectivity index (χ3n) is 4.88. The van der Waals surface area contributed by atoms with E-state index in [0.29, 0.717) is 22.2 Å². The Kier molecular flexibility index (Phi) is 7.32. The summed E-state index contributed by atoms with van der Waals surface area (Å²) in [7, 11) is -4.48. The first kappa shape index (κ1) is 24.0. The maximum Gasteiger partial charge on any atom is 0.357 e. The van der Waals surface area contributed by atoms with Crippen LogP contribution >= 0.6 is 22.9 Å². The van der Waals surface area contributed by atoms with Gasteiger partial charge in [0.15, 0.2) is 0 Å². The van der Waals surface area contributed by atoms with E-state index in [2.05, 4.69) is 15.0 Å². The van der Waals surface area contributed by atoms with Gasteiger partial charge in [-0.3, -0.25) is 14.1 Å². The molecule has 1 atom stereocenters. The van der Waals surface area contributed by atoms with E-state index in [1.165, 1.54) is 23.7 Å². The van der Waals surface area contributed by atoms with Gasteiger partial charge in [0.05, 0.1) is 23.0 Å². The van der Waals surface area contributed by atoms with Crippen molar-refractivity contribution in [3.05, 3.63) is 94.2 Å². The highest BCUT2D eigenvalue weighted by Crippen LogP contribution is 2.28. The van der Waals surface area contributed by atoms with Gasteiger partial charge >= 0.3 is 10.3 Å². The van der Waals surface area contributed by atoms with Crippen molar-refractivity contribution in [2.24, 2.45) is 0 Å². The van der Waals surface area contributed by atoms with Crippen LogP contribution in [0, 0.1) is 0 Å². The Balaban J connectivity index is 1.61. The third kappa shape index (κ3) is 6.45. The summed E-state index contributed by atoms with van der Waals surface area (Å²) in [6.45, 7) is 0. The molecule has 34 heavy (non-hydrogen) atoms. The molecule has 8 nitrogen and oxygen atoms in total. The number of para-hydroxylation sites is 1. The Bertz CT molecular complexity index is 1390. The zero-order valence-corrected chi connectivity index (χ0v) is 20.0. The van der Waals surface area contributed by atoms with Gasteiger partial charge in [-0.15, -0.1) is 11.3 Å². The number of hydrogen-bond acceptors (Lipinski definition) is 6.